The Bertz CT molecular complexity index is 2320. The number of hydrogen-bond donors (Lipinski definition) is 0. The molecule has 0 fully saturated rings. The van der Waals surface area contributed by atoms with Gasteiger partial charge in [0.05, 0.1) is 5.69 Å². The summed E-state index contributed by atoms with van der Waals surface area (Å²) in [5.41, 5.74) is 10.2. The van der Waals surface area contributed by atoms with E-state index in [-0.39, 0.29) is 31.9 Å². The molecular weight excluding hydrogens is 808 g/mol. The van der Waals surface area contributed by atoms with Crippen molar-refractivity contribution in [2.45, 2.75) is 74.7 Å². The van der Waals surface area contributed by atoms with E-state index in [4.69, 9.17) is 14.8 Å². The van der Waals surface area contributed by atoms with Crippen LogP contribution in [0.1, 0.15) is 70.5 Å². The molecule has 0 bridgehead atoms. The van der Waals surface area contributed by atoms with Gasteiger partial charge in [-0.1, -0.05) is 89.5 Å². The third-order valence-corrected chi connectivity index (χ3v) is 9.21. The van der Waals surface area contributed by atoms with Crippen LogP contribution in [-0.4, -0.2) is 19.3 Å². The number of fused-ring (bicyclic) bond motifs is 3. The Balaban J connectivity index is 0.00000448. The molecular formula is C45H46N4OPt. The summed E-state index contributed by atoms with van der Waals surface area (Å²) in [6, 6.07) is 38.8. The molecule has 7 aromatic rings. The van der Waals surface area contributed by atoms with Crippen LogP contribution in [0.4, 0.5) is 0 Å². The van der Waals surface area contributed by atoms with Crippen LogP contribution in [0.5, 0.6) is 11.5 Å². The number of rotatable bonds is 8. The minimum absolute atomic E-state index is 0. The maximum atomic E-state index is 6.50. The van der Waals surface area contributed by atoms with Crippen molar-refractivity contribution in [2.75, 3.05) is 0 Å². The molecule has 0 aliphatic rings. The summed E-state index contributed by atoms with van der Waals surface area (Å²) in [5.74, 6) is 2.10. The van der Waals surface area contributed by atoms with Gasteiger partial charge in [-0.15, -0.1) is 35.7 Å². The Morgan fingerprint density at radius 3 is 2.24 bits per heavy atom. The maximum absolute atomic E-state index is 6.50. The van der Waals surface area contributed by atoms with E-state index < -0.39 is 0 Å². The summed E-state index contributed by atoms with van der Waals surface area (Å²) in [4.78, 5) is 4.89. The van der Waals surface area contributed by atoms with Gasteiger partial charge < -0.3 is 9.30 Å². The summed E-state index contributed by atoms with van der Waals surface area (Å²) in [7, 11) is 0. The van der Waals surface area contributed by atoms with Gasteiger partial charge in [-0.05, 0) is 89.9 Å². The zero-order valence-corrected chi connectivity index (χ0v) is 33.1. The normalized spacial score (nSPS) is 12.0. The van der Waals surface area contributed by atoms with Crippen LogP contribution >= 0.6 is 0 Å². The average Bonchev–Trinajstić information content (AvgIpc) is 3.55. The van der Waals surface area contributed by atoms with Crippen molar-refractivity contribution >= 4 is 21.8 Å². The van der Waals surface area contributed by atoms with Gasteiger partial charge >= 0.3 is 21.1 Å². The zero-order valence-electron chi connectivity index (χ0n) is 30.9. The molecule has 0 N–H and O–H groups in total. The molecule has 0 unspecified atom stereocenters. The Kier molecular flexibility index (Phi) is 10.2. The average molecular weight is 854 g/mol. The first-order valence-electron chi connectivity index (χ1n) is 17.6. The molecule has 0 aliphatic heterocycles. The summed E-state index contributed by atoms with van der Waals surface area (Å²) < 4.78 is 10.7. The number of pyridine rings is 1. The molecule has 4 aromatic carbocycles. The summed E-state index contributed by atoms with van der Waals surface area (Å²) >= 11 is 0. The van der Waals surface area contributed by atoms with Crippen LogP contribution < -0.4 is 4.74 Å². The molecule has 3 heterocycles. The molecule has 0 aliphatic carbocycles. The van der Waals surface area contributed by atoms with Gasteiger partial charge in [0, 0.05) is 34.5 Å². The van der Waals surface area contributed by atoms with Gasteiger partial charge in [0.1, 0.15) is 5.82 Å². The van der Waals surface area contributed by atoms with Crippen LogP contribution in [0, 0.1) is 36.8 Å². The number of ether oxygens (including phenoxy) is 1. The number of aromatic nitrogens is 4. The van der Waals surface area contributed by atoms with Crippen molar-refractivity contribution in [2.24, 2.45) is 10.8 Å². The molecule has 0 spiro atoms. The Morgan fingerprint density at radius 1 is 0.725 bits per heavy atom. The van der Waals surface area contributed by atoms with Crippen molar-refractivity contribution in [3.63, 3.8) is 0 Å². The predicted molar refractivity (Wildman–Crippen MR) is 206 cm³/mol. The minimum atomic E-state index is 0. The molecule has 0 radical (unpaired) electrons. The fourth-order valence-corrected chi connectivity index (χ4v) is 6.89. The first-order chi connectivity index (χ1) is 23.8. The van der Waals surface area contributed by atoms with Crippen molar-refractivity contribution in [1.82, 2.24) is 19.3 Å². The van der Waals surface area contributed by atoms with Gasteiger partial charge in [0.2, 0.25) is 0 Å². The van der Waals surface area contributed by atoms with E-state index >= 15 is 0 Å². The third-order valence-electron chi connectivity index (χ3n) is 9.21. The molecule has 6 heteroatoms. The van der Waals surface area contributed by atoms with Crippen LogP contribution in [0.25, 0.3) is 44.4 Å². The van der Waals surface area contributed by atoms with Crippen LogP contribution in [0.2, 0.25) is 0 Å². The van der Waals surface area contributed by atoms with Crippen molar-refractivity contribution in [1.29, 1.82) is 0 Å². The van der Waals surface area contributed by atoms with E-state index in [2.05, 4.69) is 133 Å². The zero-order chi connectivity index (χ0) is 35.2. The van der Waals surface area contributed by atoms with Gasteiger partial charge in [-0.3, -0.25) is 4.68 Å². The molecule has 0 saturated heterocycles. The number of hydrogen-bond acceptors (Lipinski definition) is 3. The fraction of sp³-hybridized carbons (Fsp3) is 0.289. The molecule has 7 rings (SSSR count). The quantitative estimate of drug-likeness (QED) is 0.143. The number of aryl methyl sites for hydroxylation is 2. The second-order valence-corrected chi connectivity index (χ2v) is 15.9. The van der Waals surface area contributed by atoms with Crippen molar-refractivity contribution in [3.8, 4) is 34.1 Å². The SMILES string of the molecule is Cc1nn(-c2[c-]c(Oc3[c-]c4c(cc3)c3cc(CCC(C)(C)C)ccc3n4-c3cc(CC(C)(C)C)ccn3)ccc2)c(C)c1-c1ccccc1.[Pt+2]. The maximum Gasteiger partial charge on any atom is 2.00 e. The van der Waals surface area contributed by atoms with E-state index in [1.165, 1.54) is 16.5 Å². The van der Waals surface area contributed by atoms with E-state index in [0.29, 0.717) is 11.5 Å². The number of nitrogens with zero attached hydrogens (tertiary/aromatic N) is 4. The number of benzene rings is 4. The summed E-state index contributed by atoms with van der Waals surface area (Å²) in [6.07, 6.45) is 5.04. The first kappa shape index (κ1) is 36.3. The van der Waals surface area contributed by atoms with E-state index in [0.717, 1.165) is 69.7 Å². The minimum Gasteiger partial charge on any atom is -0.509 e. The standard InChI is InChI=1S/C45H46N4O.Pt/c1-30-43(34-13-10-9-11-14-34)31(2)49(47-30)35-15-12-16-36(27-35)50-37-18-19-38-39-25-32(21-23-44(3,4)5)17-20-40(39)48(41(38)28-37)42-26-33(22-24-46-42)29-45(6,7)8;/h9-20,22,24-26H,21,23,29H2,1-8H3;/q-2;+2. The molecule has 0 atom stereocenters. The topological polar surface area (TPSA) is 44.9 Å². The van der Waals surface area contributed by atoms with Gasteiger partial charge in [0.25, 0.3) is 0 Å². The Hall–Kier alpha value is -4.47. The molecule has 5 nitrogen and oxygen atoms in total. The predicted octanol–water partition coefficient (Wildman–Crippen LogP) is 11.6. The molecule has 51 heavy (non-hydrogen) atoms. The molecule has 0 amide bonds. The smallest absolute Gasteiger partial charge is 0.509 e. The third kappa shape index (κ3) is 7.90. The summed E-state index contributed by atoms with van der Waals surface area (Å²) in [6.45, 7) is 17.9. The second-order valence-electron chi connectivity index (χ2n) is 15.9. The molecule has 0 saturated carbocycles. The van der Waals surface area contributed by atoms with E-state index in [1.807, 2.05) is 41.2 Å². The first-order valence-corrected chi connectivity index (χ1v) is 17.6. The van der Waals surface area contributed by atoms with E-state index in [1.54, 1.807) is 0 Å². The van der Waals surface area contributed by atoms with E-state index in [9.17, 15) is 0 Å². The van der Waals surface area contributed by atoms with Gasteiger partial charge in [-0.25, -0.2) is 4.98 Å². The van der Waals surface area contributed by atoms with Crippen LogP contribution in [-0.2, 0) is 33.9 Å². The Labute approximate surface area is 317 Å². The fourth-order valence-electron chi connectivity index (χ4n) is 6.89. The van der Waals surface area contributed by atoms with Crippen LogP contribution in [0.3, 0.4) is 0 Å². The largest absolute Gasteiger partial charge is 2.00 e. The molecule has 3 aromatic heterocycles. The molecule has 262 valence electrons. The van der Waals surface area contributed by atoms with Gasteiger partial charge in [-0.2, -0.15) is 17.2 Å². The van der Waals surface area contributed by atoms with Crippen molar-refractivity contribution in [3.05, 3.63) is 132 Å². The second kappa shape index (κ2) is 14.3. The van der Waals surface area contributed by atoms with Crippen molar-refractivity contribution < 1.29 is 25.8 Å². The monoisotopic (exact) mass is 853 g/mol. The Morgan fingerprint density at radius 2 is 1.49 bits per heavy atom. The summed E-state index contributed by atoms with van der Waals surface area (Å²) in [5, 5.41) is 7.22. The van der Waals surface area contributed by atoms with Gasteiger partial charge in [0.15, 0.2) is 0 Å². The van der Waals surface area contributed by atoms with Crippen LogP contribution in [0.15, 0.2) is 97.2 Å².